The molecule has 0 bridgehead atoms. The van der Waals surface area contributed by atoms with E-state index in [-0.39, 0.29) is 36.7 Å². The Bertz CT molecular complexity index is 1410. The average Bonchev–Trinajstić information content (AvgIpc) is 2.98. The van der Waals surface area contributed by atoms with Crippen molar-refractivity contribution in [3.05, 3.63) is 98.8 Å². The van der Waals surface area contributed by atoms with Crippen LogP contribution in [0.2, 0.25) is 23.7 Å². The van der Waals surface area contributed by atoms with E-state index in [9.17, 15) is 14.0 Å². The summed E-state index contributed by atoms with van der Waals surface area (Å²) in [5.41, 5.74) is 4.77. The maximum Gasteiger partial charge on any atom is 0.308 e. The van der Waals surface area contributed by atoms with E-state index in [4.69, 9.17) is 27.9 Å². The Labute approximate surface area is 260 Å². The molecule has 1 aliphatic carbocycles. The quantitative estimate of drug-likeness (QED) is 0.252. The van der Waals surface area contributed by atoms with Crippen LogP contribution in [-0.2, 0) is 21.5 Å². The van der Waals surface area contributed by atoms with E-state index in [1.165, 1.54) is 12.5 Å². The fourth-order valence-electron chi connectivity index (χ4n) is 6.26. The number of hydrogen-bond donors (Lipinski definition) is 0. The second-order valence-corrected chi connectivity index (χ2v) is 12.8. The third-order valence-electron chi connectivity index (χ3n) is 8.74. The number of aryl methyl sites for hydroxylation is 1. The summed E-state index contributed by atoms with van der Waals surface area (Å²) in [6.45, 7) is 7.60. The van der Waals surface area contributed by atoms with E-state index in [0.717, 1.165) is 82.6 Å². The number of benzene rings is 3. The topological polar surface area (TPSA) is 43.4 Å². The second-order valence-electron chi connectivity index (χ2n) is 11.9. The van der Waals surface area contributed by atoms with E-state index in [1.807, 2.05) is 63.0 Å². The molecule has 5 rings (SSSR count). The highest BCUT2D eigenvalue weighted by atomic mass is 35.5. The van der Waals surface area contributed by atoms with Crippen molar-refractivity contribution in [1.82, 2.24) is 0 Å². The van der Waals surface area contributed by atoms with E-state index >= 15 is 0 Å². The van der Waals surface area contributed by atoms with Crippen molar-refractivity contribution in [2.45, 2.75) is 90.3 Å². The minimum Gasteiger partial charge on any atom is -0.462 e. The van der Waals surface area contributed by atoms with Gasteiger partial charge in [-0.1, -0.05) is 98.0 Å². The van der Waals surface area contributed by atoms with Crippen LogP contribution in [0.5, 0.6) is 0 Å². The molecule has 42 heavy (non-hydrogen) atoms. The second kappa shape index (κ2) is 14.3. The minimum atomic E-state index is -0.556. The molecule has 0 N–H and O–H groups in total. The molecule has 2 aliphatic rings. The van der Waals surface area contributed by atoms with Crippen LogP contribution in [0.3, 0.4) is 0 Å². The molecule has 1 saturated carbocycles. The van der Waals surface area contributed by atoms with Gasteiger partial charge < -0.3 is 9.53 Å². The fraction of sp³-hybridized carbons (Fsp3) is 0.412. The first kappa shape index (κ1) is 32.4. The Morgan fingerprint density at radius 2 is 1.74 bits per heavy atom. The molecule has 0 aromatic heterocycles. The summed E-state index contributed by atoms with van der Waals surface area (Å²) < 4.78 is 19.2. The Hall–Kier alpha value is -2.56. The summed E-state index contributed by atoms with van der Waals surface area (Å²) in [5.74, 6) is -0.504. The predicted octanol–water partition coefficient (Wildman–Crippen LogP) is 9.25. The van der Waals surface area contributed by atoms with Gasteiger partial charge in [-0.2, -0.15) is 0 Å². The molecule has 3 nitrogen and oxygen atoms in total. The van der Waals surface area contributed by atoms with Crippen molar-refractivity contribution >= 4 is 53.6 Å². The molecule has 220 valence electrons. The Morgan fingerprint density at radius 3 is 2.38 bits per heavy atom. The lowest BCUT2D eigenvalue weighted by Gasteiger charge is -2.42. The summed E-state index contributed by atoms with van der Waals surface area (Å²) >= 11 is 12.2. The fourth-order valence-corrected chi connectivity index (χ4v) is 6.58. The zero-order valence-corrected chi connectivity index (χ0v) is 26.5. The molecule has 3 aromatic rings. The maximum atomic E-state index is 13.5. The van der Waals surface area contributed by atoms with Gasteiger partial charge in [0, 0.05) is 16.0 Å². The van der Waals surface area contributed by atoms with Crippen LogP contribution in [0.25, 0.3) is 0 Å². The number of halogens is 3. The number of ether oxygens (including phenoxy) is 1. The molecular weight excluding hydrogens is 568 g/mol. The Morgan fingerprint density at radius 1 is 1.05 bits per heavy atom. The van der Waals surface area contributed by atoms with Gasteiger partial charge in [0.1, 0.15) is 11.4 Å². The third-order valence-corrected chi connectivity index (χ3v) is 9.40. The molecule has 1 unspecified atom stereocenters. The van der Waals surface area contributed by atoms with Crippen LogP contribution in [-0.4, -0.2) is 25.0 Å². The molecular formula is C34H39B2Cl2FO3. The lowest BCUT2D eigenvalue weighted by atomic mass is 9.42. The van der Waals surface area contributed by atoms with Gasteiger partial charge in [-0.05, 0) is 92.4 Å². The molecule has 0 amide bonds. The molecule has 8 heteroatoms. The van der Waals surface area contributed by atoms with Gasteiger partial charge in [-0.25, -0.2) is 4.39 Å². The molecule has 1 heterocycles. The zero-order valence-electron chi connectivity index (χ0n) is 25.0. The monoisotopic (exact) mass is 606 g/mol. The lowest BCUT2D eigenvalue weighted by molar-refractivity contribution is -0.113. The van der Waals surface area contributed by atoms with Gasteiger partial charge >= 0.3 is 6.71 Å². The summed E-state index contributed by atoms with van der Waals surface area (Å²) in [4.78, 5) is 25.0. The number of carbonyl (C=O) groups excluding carboxylic acids is 2. The normalized spacial score (nSPS) is 16.2. The Balaban J connectivity index is 0.000000200. The van der Waals surface area contributed by atoms with Crippen molar-refractivity contribution in [3.63, 3.8) is 0 Å². The Kier molecular flexibility index (Phi) is 11.0. The molecule has 1 atom stereocenters. The zero-order chi connectivity index (χ0) is 30.4. The van der Waals surface area contributed by atoms with Gasteiger partial charge in [-0.15, -0.1) is 0 Å². The third kappa shape index (κ3) is 7.50. The number of carbonyl (C=O) groups is 2. The molecule has 0 radical (unpaired) electrons. The SMILES string of the molecule is CB1C(=O)OC2(CCCCC2)c2cc(F)ccc21.CCCC(C(=O)B(C)Cc1ccc(Cl)cc1)c1ccc(C)c(Cl)c1. The van der Waals surface area contributed by atoms with E-state index < -0.39 is 5.60 Å². The van der Waals surface area contributed by atoms with Crippen LogP contribution >= 0.6 is 23.2 Å². The average molecular weight is 607 g/mol. The van der Waals surface area contributed by atoms with Gasteiger partial charge in [0.15, 0.2) is 0 Å². The molecule has 0 saturated heterocycles. The highest BCUT2D eigenvalue weighted by molar-refractivity contribution is 6.98. The van der Waals surface area contributed by atoms with Crippen molar-refractivity contribution < 1.29 is 18.7 Å². The van der Waals surface area contributed by atoms with Gasteiger partial charge in [-0.3, -0.25) is 4.79 Å². The van der Waals surface area contributed by atoms with Crippen molar-refractivity contribution in [2.24, 2.45) is 0 Å². The van der Waals surface area contributed by atoms with Crippen LogP contribution in [0.15, 0.2) is 60.7 Å². The van der Waals surface area contributed by atoms with Crippen LogP contribution in [0.4, 0.5) is 9.18 Å². The summed E-state index contributed by atoms with van der Waals surface area (Å²) in [6, 6.07) is 18.4. The highest BCUT2D eigenvalue weighted by Gasteiger charge is 2.46. The predicted molar refractivity (Wildman–Crippen MR) is 175 cm³/mol. The molecule has 1 fully saturated rings. The maximum absolute atomic E-state index is 13.5. The summed E-state index contributed by atoms with van der Waals surface area (Å²) in [6.07, 6.45) is 7.44. The highest BCUT2D eigenvalue weighted by Crippen LogP contribution is 2.42. The van der Waals surface area contributed by atoms with E-state index in [1.54, 1.807) is 12.1 Å². The first-order valence-corrected chi connectivity index (χ1v) is 15.9. The molecule has 1 aliphatic heterocycles. The smallest absolute Gasteiger partial charge is 0.308 e. The van der Waals surface area contributed by atoms with E-state index in [2.05, 4.69) is 6.92 Å². The summed E-state index contributed by atoms with van der Waals surface area (Å²) in [7, 11) is 0. The van der Waals surface area contributed by atoms with Gasteiger partial charge in [0.2, 0.25) is 6.71 Å². The first-order chi connectivity index (χ1) is 20.0. The van der Waals surface area contributed by atoms with Gasteiger partial charge in [0.05, 0.1) is 5.68 Å². The van der Waals surface area contributed by atoms with Crippen LogP contribution in [0.1, 0.15) is 80.0 Å². The number of rotatable bonds is 7. The van der Waals surface area contributed by atoms with Crippen LogP contribution < -0.4 is 5.46 Å². The lowest BCUT2D eigenvalue weighted by Crippen LogP contribution is -2.53. The van der Waals surface area contributed by atoms with Crippen molar-refractivity contribution in [1.29, 1.82) is 0 Å². The van der Waals surface area contributed by atoms with Crippen LogP contribution in [0, 0.1) is 12.7 Å². The number of hydrogen-bond acceptors (Lipinski definition) is 3. The van der Waals surface area contributed by atoms with Crippen molar-refractivity contribution in [3.8, 4) is 0 Å². The van der Waals surface area contributed by atoms with Crippen molar-refractivity contribution in [2.75, 3.05) is 0 Å². The minimum absolute atomic E-state index is 0.0391. The first-order valence-electron chi connectivity index (χ1n) is 15.1. The molecule has 3 aromatic carbocycles. The van der Waals surface area contributed by atoms with E-state index in [0.29, 0.717) is 0 Å². The van der Waals surface area contributed by atoms with Gasteiger partial charge in [0.25, 0.3) is 5.87 Å². The number of fused-ring (bicyclic) bond motifs is 2. The largest absolute Gasteiger partial charge is 0.462 e. The molecule has 1 spiro atoms. The summed E-state index contributed by atoms with van der Waals surface area (Å²) in [5, 5.41) is 1.45. The standard InChI is InChI=1S/C20H23BCl2O.C14H16BFO2/c1-4-5-18(16-9-6-14(2)19(23)12-16)20(24)21(3)13-15-7-10-17(22)11-8-15;1-15-12-6-5-10(16)9-11(12)14(18-13(15)17)7-3-2-4-8-14/h6-12,18H,4-5,13H2,1-3H3;5-6,9H,2-4,7-8H2,1H3.